The molecule has 0 unspecified atom stereocenters. The predicted octanol–water partition coefficient (Wildman–Crippen LogP) is 4.48. The number of rotatable bonds is 6. The lowest BCUT2D eigenvalue weighted by Crippen LogP contribution is -2.45. The highest BCUT2D eigenvalue weighted by atomic mass is 79.9. The molecule has 1 aliphatic heterocycles. The van der Waals surface area contributed by atoms with Crippen LogP contribution in [0.15, 0.2) is 65.4 Å². The van der Waals surface area contributed by atoms with Gasteiger partial charge in [-0.3, -0.25) is 14.0 Å². The van der Waals surface area contributed by atoms with Crippen LogP contribution in [-0.4, -0.2) is 59.3 Å². The van der Waals surface area contributed by atoms with E-state index in [1.54, 1.807) is 29.7 Å². The molecule has 3 heterocycles. The number of likely N-dealkylation sites (N-methyl/N-ethyl adjacent to an activating group) is 1. The molecule has 2 amide bonds. The largest absolute Gasteiger partial charge is 0.369 e. The number of pyridine rings is 1. The molecule has 0 radical (unpaired) electrons. The van der Waals surface area contributed by atoms with Gasteiger partial charge in [0.2, 0.25) is 0 Å². The van der Waals surface area contributed by atoms with E-state index in [4.69, 9.17) is 0 Å². The third kappa shape index (κ3) is 5.14. The summed E-state index contributed by atoms with van der Waals surface area (Å²) in [5, 5.41) is 5.67. The number of nitrogens with zero attached hydrogens (tertiary/aromatic N) is 4. The number of aromatic nitrogens is 2. The lowest BCUT2D eigenvalue weighted by atomic mass is 10.1. The Morgan fingerprint density at radius 1 is 1.05 bits per heavy atom. The average molecular weight is 579 g/mol. The molecule has 2 aromatic carbocycles. The van der Waals surface area contributed by atoms with Gasteiger partial charge in [0.05, 0.1) is 16.2 Å². The number of para-hydroxylation sites is 1. The van der Waals surface area contributed by atoms with Gasteiger partial charge in [-0.2, -0.15) is 0 Å². The molecular formula is C28H28BrFN6O2. The smallest absolute Gasteiger partial charge is 0.274 e. The summed E-state index contributed by atoms with van der Waals surface area (Å²) in [5.74, 6) is -1.67. The molecule has 1 saturated heterocycles. The second-order valence-corrected chi connectivity index (χ2v) is 10.1. The highest BCUT2D eigenvalue weighted by molar-refractivity contribution is 9.10. The zero-order valence-electron chi connectivity index (χ0n) is 21.2. The Bertz CT molecular complexity index is 1510. The molecule has 2 N–H and O–H groups in total. The van der Waals surface area contributed by atoms with Crippen molar-refractivity contribution in [3.63, 3.8) is 0 Å². The van der Waals surface area contributed by atoms with Crippen LogP contribution in [0.4, 0.5) is 15.8 Å². The molecule has 4 aromatic rings. The van der Waals surface area contributed by atoms with Crippen LogP contribution in [0, 0.1) is 12.7 Å². The molecule has 2 aromatic heterocycles. The fourth-order valence-electron chi connectivity index (χ4n) is 4.59. The van der Waals surface area contributed by atoms with Crippen molar-refractivity contribution in [3.8, 4) is 0 Å². The molecule has 196 valence electrons. The minimum Gasteiger partial charge on any atom is -0.369 e. The molecule has 1 aliphatic rings. The first-order chi connectivity index (χ1) is 18.3. The Morgan fingerprint density at radius 2 is 1.79 bits per heavy atom. The van der Waals surface area contributed by atoms with E-state index < -0.39 is 17.6 Å². The van der Waals surface area contributed by atoms with Crippen LogP contribution in [0.2, 0.25) is 0 Å². The third-order valence-corrected chi connectivity index (χ3v) is 7.81. The normalized spacial score (nSPS) is 14.1. The van der Waals surface area contributed by atoms with Crippen LogP contribution < -0.4 is 15.5 Å². The van der Waals surface area contributed by atoms with Crippen molar-refractivity contribution in [3.05, 3.63) is 93.6 Å². The molecule has 38 heavy (non-hydrogen) atoms. The Balaban J connectivity index is 1.35. The first-order valence-corrected chi connectivity index (χ1v) is 13.1. The molecule has 0 atom stereocenters. The summed E-state index contributed by atoms with van der Waals surface area (Å²) >= 11 is 3.26. The third-order valence-electron chi connectivity index (χ3n) is 6.87. The Kier molecular flexibility index (Phi) is 7.44. The van der Waals surface area contributed by atoms with E-state index in [2.05, 4.69) is 48.4 Å². The van der Waals surface area contributed by atoms with Gasteiger partial charge in [0.15, 0.2) is 5.82 Å². The second-order valence-electron chi connectivity index (χ2n) is 9.35. The Hall–Kier alpha value is -3.76. The lowest BCUT2D eigenvalue weighted by Gasteiger charge is -2.35. The van der Waals surface area contributed by atoms with E-state index in [1.807, 2.05) is 30.3 Å². The number of nitrogens with one attached hydrogen (secondary N) is 2. The van der Waals surface area contributed by atoms with Crippen molar-refractivity contribution in [1.29, 1.82) is 0 Å². The molecule has 10 heteroatoms. The number of piperazine rings is 1. The number of hydrogen-bond acceptors (Lipinski definition) is 5. The molecule has 1 fully saturated rings. The maximum Gasteiger partial charge on any atom is 0.274 e. The number of halogens is 2. The van der Waals surface area contributed by atoms with Crippen molar-refractivity contribution in [2.24, 2.45) is 0 Å². The van der Waals surface area contributed by atoms with E-state index in [9.17, 15) is 9.59 Å². The standard InChI is InChI=1S/C28H28BrFN6O2/c1-18-21(33-28(38)23-17-31-24-9-5-6-10-36(23)24)15-20(26(30)25(18)29)27(37)32-16-19-7-3-4-8-22(19)35-13-11-34(2)12-14-35/h3-10,15,17H,11-14,16H2,1-2H3,(H,32,37)(H,33,38). The Morgan fingerprint density at radius 3 is 2.58 bits per heavy atom. The maximum absolute atomic E-state index is 15.2. The van der Waals surface area contributed by atoms with Crippen molar-refractivity contribution in [2.75, 3.05) is 43.4 Å². The molecule has 0 bridgehead atoms. The minimum absolute atomic E-state index is 0.122. The summed E-state index contributed by atoms with van der Waals surface area (Å²) in [4.78, 5) is 35.0. The van der Waals surface area contributed by atoms with E-state index in [1.165, 1.54) is 12.3 Å². The average Bonchev–Trinajstić information content (AvgIpc) is 3.37. The zero-order chi connectivity index (χ0) is 26.8. The van der Waals surface area contributed by atoms with Gasteiger partial charge in [0.1, 0.15) is 11.3 Å². The lowest BCUT2D eigenvalue weighted by molar-refractivity contribution is 0.0945. The fraction of sp³-hybridized carbons (Fsp3) is 0.250. The summed E-state index contributed by atoms with van der Waals surface area (Å²) < 4.78 is 17.0. The van der Waals surface area contributed by atoms with Crippen LogP contribution in [0.5, 0.6) is 0 Å². The first-order valence-electron chi connectivity index (χ1n) is 12.3. The number of imidazole rings is 1. The van der Waals surface area contributed by atoms with Gasteiger partial charge in [-0.1, -0.05) is 24.3 Å². The zero-order valence-corrected chi connectivity index (χ0v) is 22.8. The molecular weight excluding hydrogens is 551 g/mol. The summed E-state index contributed by atoms with van der Waals surface area (Å²) in [6.45, 7) is 5.65. The first kappa shape index (κ1) is 25.9. The Labute approximate surface area is 228 Å². The maximum atomic E-state index is 15.2. The van der Waals surface area contributed by atoms with Crippen LogP contribution in [-0.2, 0) is 6.54 Å². The van der Waals surface area contributed by atoms with Crippen molar-refractivity contribution in [2.45, 2.75) is 13.5 Å². The fourth-order valence-corrected chi connectivity index (χ4v) is 5.01. The van der Waals surface area contributed by atoms with Crippen molar-refractivity contribution in [1.82, 2.24) is 19.6 Å². The van der Waals surface area contributed by atoms with Crippen LogP contribution in [0.3, 0.4) is 0 Å². The highest BCUT2D eigenvalue weighted by Crippen LogP contribution is 2.31. The number of benzene rings is 2. The number of carbonyl (C=O) groups excluding carboxylic acids is 2. The van der Waals surface area contributed by atoms with Gasteiger partial charge >= 0.3 is 0 Å². The van der Waals surface area contributed by atoms with Crippen molar-refractivity contribution < 1.29 is 14.0 Å². The number of hydrogen-bond donors (Lipinski definition) is 2. The summed E-state index contributed by atoms with van der Waals surface area (Å²) in [7, 11) is 2.10. The number of carbonyl (C=O) groups is 2. The number of amides is 2. The summed E-state index contributed by atoms with van der Waals surface area (Å²) in [6, 6.07) is 14.7. The topological polar surface area (TPSA) is 82.0 Å². The van der Waals surface area contributed by atoms with Gasteiger partial charge < -0.3 is 20.4 Å². The molecule has 0 aliphatic carbocycles. The van der Waals surface area contributed by atoms with Crippen LogP contribution in [0.1, 0.15) is 32.0 Å². The molecule has 0 saturated carbocycles. The highest BCUT2D eigenvalue weighted by Gasteiger charge is 2.22. The van der Waals surface area contributed by atoms with E-state index in [-0.39, 0.29) is 16.6 Å². The van der Waals surface area contributed by atoms with Gasteiger partial charge in [-0.05, 0) is 65.3 Å². The van der Waals surface area contributed by atoms with E-state index in [0.29, 0.717) is 22.6 Å². The summed E-state index contributed by atoms with van der Waals surface area (Å²) in [5.41, 5.74) is 3.62. The van der Waals surface area contributed by atoms with Gasteiger partial charge in [0.25, 0.3) is 11.8 Å². The van der Waals surface area contributed by atoms with Crippen LogP contribution in [0.25, 0.3) is 5.65 Å². The molecule has 8 nitrogen and oxygen atoms in total. The predicted molar refractivity (Wildman–Crippen MR) is 149 cm³/mol. The minimum atomic E-state index is -0.680. The van der Waals surface area contributed by atoms with E-state index in [0.717, 1.165) is 37.4 Å². The van der Waals surface area contributed by atoms with Gasteiger partial charge in [-0.25, -0.2) is 9.37 Å². The quantitative estimate of drug-likeness (QED) is 0.352. The monoisotopic (exact) mass is 578 g/mol. The van der Waals surface area contributed by atoms with Crippen molar-refractivity contribution >= 4 is 44.8 Å². The van der Waals surface area contributed by atoms with E-state index >= 15 is 4.39 Å². The molecule has 0 spiro atoms. The molecule has 5 rings (SSSR count). The van der Waals surface area contributed by atoms with Crippen LogP contribution >= 0.6 is 15.9 Å². The number of fused-ring (bicyclic) bond motifs is 1. The number of anilines is 2. The van der Waals surface area contributed by atoms with Gasteiger partial charge in [0, 0.05) is 50.3 Å². The second kappa shape index (κ2) is 10.9. The SMILES string of the molecule is Cc1c(NC(=O)c2cnc3ccccn23)cc(C(=O)NCc2ccccc2N2CCN(C)CC2)c(F)c1Br. The summed E-state index contributed by atoms with van der Waals surface area (Å²) in [6.07, 6.45) is 3.22. The van der Waals surface area contributed by atoms with Gasteiger partial charge in [-0.15, -0.1) is 0 Å².